The summed E-state index contributed by atoms with van der Waals surface area (Å²) in [5, 5.41) is 0. The standard InChI is InChI=1S/C16H18O/c1-11(13(3)17)12(2)14-7-9-15-5-4-6-16(15)10-8-14/h4-12H,1-3H3. The van der Waals surface area contributed by atoms with Crippen molar-refractivity contribution in [1.82, 2.24) is 0 Å². The van der Waals surface area contributed by atoms with Gasteiger partial charge >= 0.3 is 0 Å². The lowest BCUT2D eigenvalue weighted by molar-refractivity contribution is -0.120. The van der Waals surface area contributed by atoms with E-state index in [1.54, 1.807) is 6.92 Å². The lowest BCUT2D eigenvalue weighted by atomic mass is 9.87. The maximum Gasteiger partial charge on any atom is 0.133 e. The van der Waals surface area contributed by atoms with E-state index in [2.05, 4.69) is 49.4 Å². The number of carbonyl (C=O) groups excluding carboxylic acids is 1. The van der Waals surface area contributed by atoms with Crippen molar-refractivity contribution in [2.24, 2.45) is 5.92 Å². The number of ketones is 1. The average molecular weight is 226 g/mol. The molecule has 0 radical (unpaired) electrons. The number of rotatable bonds is 3. The van der Waals surface area contributed by atoms with Crippen LogP contribution >= 0.6 is 0 Å². The van der Waals surface area contributed by atoms with Crippen LogP contribution in [0.25, 0.3) is 11.1 Å². The van der Waals surface area contributed by atoms with Crippen LogP contribution in [0, 0.1) is 5.92 Å². The van der Waals surface area contributed by atoms with Gasteiger partial charge in [0.25, 0.3) is 0 Å². The van der Waals surface area contributed by atoms with Crippen LogP contribution in [-0.2, 0) is 4.79 Å². The van der Waals surface area contributed by atoms with E-state index in [0.29, 0.717) is 0 Å². The fraction of sp³-hybridized carbons (Fsp3) is 0.312. The molecule has 1 heteroatoms. The van der Waals surface area contributed by atoms with Crippen LogP contribution in [0.5, 0.6) is 0 Å². The third-order valence-electron chi connectivity index (χ3n) is 3.71. The lowest BCUT2D eigenvalue weighted by Crippen LogP contribution is -2.13. The fourth-order valence-electron chi connectivity index (χ4n) is 2.12. The van der Waals surface area contributed by atoms with Crippen molar-refractivity contribution >= 4 is 5.78 Å². The summed E-state index contributed by atoms with van der Waals surface area (Å²) in [5.41, 5.74) is 3.72. The highest BCUT2D eigenvalue weighted by atomic mass is 16.1. The molecule has 88 valence electrons. The third kappa shape index (κ3) is 2.38. The summed E-state index contributed by atoms with van der Waals surface area (Å²) >= 11 is 0. The van der Waals surface area contributed by atoms with E-state index in [9.17, 15) is 4.79 Å². The van der Waals surface area contributed by atoms with E-state index in [-0.39, 0.29) is 17.6 Å². The van der Waals surface area contributed by atoms with Crippen LogP contribution in [0.15, 0.2) is 42.5 Å². The summed E-state index contributed by atoms with van der Waals surface area (Å²) in [6, 6.07) is 14.8. The molecule has 0 N–H and O–H groups in total. The van der Waals surface area contributed by atoms with Gasteiger partial charge in [0.1, 0.15) is 5.78 Å². The SMILES string of the molecule is CC(=O)C(C)C(C)c1ccc2cccc-2cc1. The second-order valence-electron chi connectivity index (χ2n) is 4.79. The number of Topliss-reactive ketones (excluding diaryl/α,β-unsaturated/α-hetero) is 1. The van der Waals surface area contributed by atoms with Crippen molar-refractivity contribution < 1.29 is 4.79 Å². The van der Waals surface area contributed by atoms with E-state index in [0.717, 1.165) is 0 Å². The zero-order valence-electron chi connectivity index (χ0n) is 10.6. The zero-order chi connectivity index (χ0) is 12.4. The van der Waals surface area contributed by atoms with Crippen molar-refractivity contribution in [3.8, 4) is 11.1 Å². The van der Waals surface area contributed by atoms with Gasteiger partial charge in [-0.2, -0.15) is 0 Å². The first-order valence-corrected chi connectivity index (χ1v) is 6.08. The van der Waals surface area contributed by atoms with Crippen LogP contribution in [0.3, 0.4) is 0 Å². The molecule has 0 bridgehead atoms. The Bertz CT molecular complexity index is 470. The topological polar surface area (TPSA) is 17.1 Å². The second kappa shape index (κ2) is 4.70. The Kier molecular flexibility index (Phi) is 3.28. The first kappa shape index (κ1) is 11.8. The first-order valence-electron chi connectivity index (χ1n) is 6.08. The number of hydrogen-bond donors (Lipinski definition) is 0. The van der Waals surface area contributed by atoms with E-state index in [1.165, 1.54) is 16.7 Å². The second-order valence-corrected chi connectivity index (χ2v) is 4.79. The minimum absolute atomic E-state index is 0.0757. The van der Waals surface area contributed by atoms with E-state index in [1.807, 2.05) is 6.92 Å². The van der Waals surface area contributed by atoms with Crippen LogP contribution in [-0.4, -0.2) is 5.78 Å². The number of fused-ring (bicyclic) bond motifs is 1. The molecule has 0 aliphatic heterocycles. The molecule has 1 nitrogen and oxygen atoms in total. The number of carbonyl (C=O) groups is 1. The Morgan fingerprint density at radius 2 is 1.47 bits per heavy atom. The first-order chi connectivity index (χ1) is 8.09. The number of hydrogen-bond acceptors (Lipinski definition) is 1. The predicted molar refractivity (Wildman–Crippen MR) is 71.3 cm³/mol. The predicted octanol–water partition coefficient (Wildman–Crippen LogP) is 4.12. The molecule has 2 aliphatic rings. The molecule has 0 aromatic rings. The molecule has 0 aromatic heterocycles. The summed E-state index contributed by atoms with van der Waals surface area (Å²) in [4.78, 5) is 11.4. The summed E-state index contributed by atoms with van der Waals surface area (Å²) in [6.45, 7) is 5.78. The zero-order valence-corrected chi connectivity index (χ0v) is 10.6. The molecule has 0 fully saturated rings. The summed E-state index contributed by atoms with van der Waals surface area (Å²) < 4.78 is 0. The Morgan fingerprint density at radius 1 is 0.941 bits per heavy atom. The molecule has 0 heterocycles. The van der Waals surface area contributed by atoms with Gasteiger partial charge in [-0.3, -0.25) is 4.79 Å². The van der Waals surface area contributed by atoms with Crippen LogP contribution in [0.2, 0.25) is 0 Å². The van der Waals surface area contributed by atoms with Gasteiger partial charge in [0.15, 0.2) is 0 Å². The van der Waals surface area contributed by atoms with Gasteiger partial charge in [0, 0.05) is 5.92 Å². The fourth-order valence-corrected chi connectivity index (χ4v) is 2.12. The molecule has 2 unspecified atom stereocenters. The quantitative estimate of drug-likeness (QED) is 0.769. The van der Waals surface area contributed by atoms with Gasteiger partial charge in [-0.1, -0.05) is 56.3 Å². The Morgan fingerprint density at radius 3 is 1.94 bits per heavy atom. The van der Waals surface area contributed by atoms with Gasteiger partial charge in [0.05, 0.1) is 0 Å². The van der Waals surface area contributed by atoms with Gasteiger partial charge in [-0.15, -0.1) is 0 Å². The molecule has 2 rings (SSSR count). The minimum Gasteiger partial charge on any atom is -0.300 e. The molecule has 0 saturated carbocycles. The lowest BCUT2D eigenvalue weighted by Gasteiger charge is -2.16. The minimum atomic E-state index is 0.0757. The van der Waals surface area contributed by atoms with Gasteiger partial charge in [-0.05, 0) is 29.5 Å². The molecule has 2 aliphatic carbocycles. The summed E-state index contributed by atoms with van der Waals surface area (Å²) in [6.07, 6.45) is 0. The van der Waals surface area contributed by atoms with E-state index < -0.39 is 0 Å². The van der Waals surface area contributed by atoms with Gasteiger partial charge < -0.3 is 0 Å². The molecule has 0 amide bonds. The van der Waals surface area contributed by atoms with Crippen molar-refractivity contribution in [2.75, 3.05) is 0 Å². The molecule has 17 heavy (non-hydrogen) atoms. The van der Waals surface area contributed by atoms with Crippen molar-refractivity contribution in [1.29, 1.82) is 0 Å². The third-order valence-corrected chi connectivity index (χ3v) is 3.71. The highest BCUT2D eigenvalue weighted by molar-refractivity contribution is 5.79. The Balaban J connectivity index is 2.36. The maximum atomic E-state index is 11.4. The van der Waals surface area contributed by atoms with Crippen LogP contribution in [0.4, 0.5) is 0 Å². The van der Waals surface area contributed by atoms with Crippen LogP contribution < -0.4 is 0 Å². The largest absolute Gasteiger partial charge is 0.300 e. The highest BCUT2D eigenvalue weighted by Gasteiger charge is 2.17. The smallest absolute Gasteiger partial charge is 0.133 e. The molecular weight excluding hydrogens is 208 g/mol. The Labute approximate surface area is 103 Å². The summed E-state index contributed by atoms with van der Waals surface area (Å²) in [5.74, 6) is 0.596. The van der Waals surface area contributed by atoms with E-state index >= 15 is 0 Å². The van der Waals surface area contributed by atoms with Crippen molar-refractivity contribution in [3.05, 3.63) is 48.0 Å². The van der Waals surface area contributed by atoms with Crippen LogP contribution in [0.1, 0.15) is 32.3 Å². The molecule has 0 spiro atoms. The van der Waals surface area contributed by atoms with Gasteiger partial charge in [-0.25, -0.2) is 0 Å². The van der Waals surface area contributed by atoms with Crippen molar-refractivity contribution in [2.45, 2.75) is 26.7 Å². The van der Waals surface area contributed by atoms with E-state index in [4.69, 9.17) is 0 Å². The normalized spacial score (nSPS) is 14.5. The molecule has 0 saturated heterocycles. The molecule has 0 aromatic carbocycles. The van der Waals surface area contributed by atoms with Crippen molar-refractivity contribution in [3.63, 3.8) is 0 Å². The monoisotopic (exact) mass is 226 g/mol. The van der Waals surface area contributed by atoms with Gasteiger partial charge in [0.2, 0.25) is 0 Å². The average Bonchev–Trinajstić information content (AvgIpc) is 2.66. The highest BCUT2D eigenvalue weighted by Crippen LogP contribution is 2.28. The maximum absolute atomic E-state index is 11.4. The molecular formula is C16H18O. The molecule has 2 atom stereocenters. The summed E-state index contributed by atoms with van der Waals surface area (Å²) in [7, 11) is 0. The Hall–Kier alpha value is -1.63.